The SMILES string of the molecule is CCCOC(=O)CCCN1C(=O)/C(=C/c2cc(Br)c(OCc3ccc(Cl)cc3Cl)c(OC)c2)SC1=S. The molecule has 2 aromatic rings. The van der Waals surface area contributed by atoms with Crippen molar-refractivity contribution in [1.82, 2.24) is 4.90 Å². The number of hydrogen-bond acceptors (Lipinski definition) is 7. The maximum atomic E-state index is 12.9. The minimum absolute atomic E-state index is 0.195. The number of carbonyl (C=O) groups is 2. The molecule has 1 aliphatic rings. The van der Waals surface area contributed by atoms with Crippen LogP contribution in [0.5, 0.6) is 11.5 Å². The molecule has 0 atom stereocenters. The summed E-state index contributed by atoms with van der Waals surface area (Å²) in [4.78, 5) is 26.6. The van der Waals surface area contributed by atoms with Crippen LogP contribution in [0.15, 0.2) is 39.7 Å². The van der Waals surface area contributed by atoms with E-state index in [0.29, 0.717) is 54.8 Å². The second-order valence-electron chi connectivity index (χ2n) is 7.72. The molecular weight excluding hydrogens is 609 g/mol. The Morgan fingerprint density at radius 1 is 1.25 bits per heavy atom. The third-order valence-corrected chi connectivity index (χ3v) is 7.59. The van der Waals surface area contributed by atoms with Crippen molar-refractivity contribution in [3.63, 3.8) is 0 Å². The van der Waals surface area contributed by atoms with E-state index in [0.717, 1.165) is 17.5 Å². The molecule has 11 heteroatoms. The fourth-order valence-electron chi connectivity index (χ4n) is 3.27. The van der Waals surface area contributed by atoms with Crippen molar-refractivity contribution in [3.05, 3.63) is 60.9 Å². The zero-order valence-electron chi connectivity index (χ0n) is 19.6. The zero-order chi connectivity index (χ0) is 26.2. The summed E-state index contributed by atoms with van der Waals surface area (Å²) in [5.41, 5.74) is 1.51. The first-order valence-electron chi connectivity index (χ1n) is 11.1. The molecule has 1 heterocycles. The Morgan fingerprint density at radius 2 is 2.03 bits per heavy atom. The summed E-state index contributed by atoms with van der Waals surface area (Å²) < 4.78 is 17.7. The predicted molar refractivity (Wildman–Crippen MR) is 152 cm³/mol. The van der Waals surface area contributed by atoms with Gasteiger partial charge in [-0.25, -0.2) is 0 Å². The Kier molecular flexibility index (Phi) is 10.9. The minimum atomic E-state index is -0.268. The summed E-state index contributed by atoms with van der Waals surface area (Å²) in [6.07, 6.45) is 3.24. The van der Waals surface area contributed by atoms with Gasteiger partial charge in [-0.2, -0.15) is 0 Å². The van der Waals surface area contributed by atoms with Gasteiger partial charge >= 0.3 is 5.97 Å². The van der Waals surface area contributed by atoms with E-state index in [1.807, 2.05) is 13.0 Å². The number of methoxy groups -OCH3 is 1. The predicted octanol–water partition coefficient (Wildman–Crippen LogP) is 7.28. The molecule has 1 amide bonds. The van der Waals surface area contributed by atoms with E-state index in [-0.39, 0.29) is 24.9 Å². The lowest BCUT2D eigenvalue weighted by Gasteiger charge is -2.15. The normalized spacial score (nSPS) is 14.5. The number of ether oxygens (including phenoxy) is 3. The maximum Gasteiger partial charge on any atom is 0.305 e. The highest BCUT2D eigenvalue weighted by Gasteiger charge is 2.31. The van der Waals surface area contributed by atoms with Crippen LogP contribution in [-0.4, -0.2) is 41.4 Å². The Labute approximate surface area is 238 Å². The number of rotatable bonds is 11. The maximum absolute atomic E-state index is 12.9. The molecule has 0 spiro atoms. The van der Waals surface area contributed by atoms with E-state index in [1.54, 1.807) is 37.5 Å². The quantitative estimate of drug-likeness (QED) is 0.147. The van der Waals surface area contributed by atoms with Crippen molar-refractivity contribution in [1.29, 1.82) is 0 Å². The average molecular weight is 633 g/mol. The van der Waals surface area contributed by atoms with Crippen molar-refractivity contribution < 1.29 is 23.8 Å². The number of benzene rings is 2. The molecular formula is C25H24BrCl2NO5S2. The molecule has 3 rings (SSSR count). The number of halogens is 3. The Bertz CT molecular complexity index is 1190. The number of hydrogen-bond donors (Lipinski definition) is 0. The van der Waals surface area contributed by atoms with E-state index in [9.17, 15) is 9.59 Å². The van der Waals surface area contributed by atoms with Crippen molar-refractivity contribution in [2.75, 3.05) is 20.3 Å². The zero-order valence-corrected chi connectivity index (χ0v) is 24.4. The molecule has 0 bridgehead atoms. The van der Waals surface area contributed by atoms with Gasteiger partial charge in [0.25, 0.3) is 5.91 Å². The molecule has 1 saturated heterocycles. The molecule has 0 saturated carbocycles. The molecule has 0 radical (unpaired) electrons. The van der Waals surface area contributed by atoms with E-state index >= 15 is 0 Å². The van der Waals surface area contributed by atoms with Gasteiger partial charge in [-0.05, 0) is 64.7 Å². The van der Waals surface area contributed by atoms with Crippen LogP contribution >= 0.6 is 63.1 Å². The first-order valence-corrected chi connectivity index (χ1v) is 13.9. The summed E-state index contributed by atoms with van der Waals surface area (Å²) in [5, 5.41) is 1.06. The van der Waals surface area contributed by atoms with Crippen LogP contribution < -0.4 is 9.47 Å². The molecule has 192 valence electrons. The number of amides is 1. The van der Waals surface area contributed by atoms with Gasteiger partial charge in [0.05, 0.1) is 23.1 Å². The number of thiocarbonyl (C=S) groups is 1. The number of esters is 1. The molecule has 36 heavy (non-hydrogen) atoms. The van der Waals surface area contributed by atoms with Crippen molar-refractivity contribution in [2.24, 2.45) is 0 Å². The molecule has 0 aromatic heterocycles. The molecule has 1 aliphatic heterocycles. The minimum Gasteiger partial charge on any atom is -0.493 e. The van der Waals surface area contributed by atoms with Crippen molar-refractivity contribution >= 4 is 85.4 Å². The van der Waals surface area contributed by atoms with Gasteiger partial charge in [-0.15, -0.1) is 0 Å². The summed E-state index contributed by atoms with van der Waals surface area (Å²) in [7, 11) is 1.54. The van der Waals surface area contributed by atoms with Crippen molar-refractivity contribution in [3.8, 4) is 11.5 Å². The van der Waals surface area contributed by atoms with Gasteiger partial charge < -0.3 is 14.2 Å². The lowest BCUT2D eigenvalue weighted by molar-refractivity contribution is -0.144. The smallest absolute Gasteiger partial charge is 0.305 e. The van der Waals surface area contributed by atoms with Gasteiger partial charge in [0.1, 0.15) is 10.9 Å². The second kappa shape index (κ2) is 13.7. The van der Waals surface area contributed by atoms with Crippen LogP contribution in [0.2, 0.25) is 10.0 Å². The Morgan fingerprint density at radius 3 is 2.72 bits per heavy atom. The first-order chi connectivity index (χ1) is 17.2. The van der Waals surface area contributed by atoms with E-state index < -0.39 is 0 Å². The van der Waals surface area contributed by atoms with E-state index in [1.165, 1.54) is 16.7 Å². The summed E-state index contributed by atoms with van der Waals surface area (Å²) >= 11 is 22.4. The van der Waals surface area contributed by atoms with E-state index in [4.69, 9.17) is 49.6 Å². The largest absolute Gasteiger partial charge is 0.493 e. The average Bonchev–Trinajstić information content (AvgIpc) is 3.10. The van der Waals surface area contributed by atoms with Crippen LogP contribution in [0, 0.1) is 0 Å². The lowest BCUT2D eigenvalue weighted by atomic mass is 10.1. The molecule has 6 nitrogen and oxygen atoms in total. The van der Waals surface area contributed by atoms with Gasteiger partial charge in [0.2, 0.25) is 0 Å². The molecule has 0 N–H and O–H groups in total. The fourth-order valence-corrected chi connectivity index (χ4v) is 5.61. The first kappa shape index (κ1) is 28.8. The third-order valence-electron chi connectivity index (χ3n) is 5.04. The lowest BCUT2D eigenvalue weighted by Crippen LogP contribution is -2.29. The summed E-state index contributed by atoms with van der Waals surface area (Å²) in [6.45, 7) is 2.91. The van der Waals surface area contributed by atoms with Crippen LogP contribution in [-0.2, 0) is 20.9 Å². The Hall–Kier alpha value is -1.78. The highest BCUT2D eigenvalue weighted by Crippen LogP contribution is 2.40. The van der Waals surface area contributed by atoms with Gasteiger partial charge in [-0.1, -0.05) is 60.2 Å². The molecule has 1 fully saturated rings. The van der Waals surface area contributed by atoms with Gasteiger partial charge in [0, 0.05) is 28.6 Å². The standard InChI is InChI=1S/C25H24BrCl2NO5S2/c1-3-9-33-22(30)5-4-8-29-24(31)21(36-25(29)35)12-15-10-18(26)23(20(11-15)32-2)34-14-16-6-7-17(27)13-19(16)28/h6-7,10-13H,3-5,8-9,14H2,1-2H3/b21-12-. The fraction of sp³-hybridized carbons (Fsp3) is 0.320. The van der Waals surface area contributed by atoms with Gasteiger partial charge in [-0.3, -0.25) is 14.5 Å². The molecule has 2 aromatic carbocycles. The van der Waals surface area contributed by atoms with Gasteiger partial charge in [0.15, 0.2) is 11.5 Å². The number of nitrogens with zero attached hydrogens (tertiary/aromatic N) is 1. The van der Waals surface area contributed by atoms with Crippen LogP contribution in [0.25, 0.3) is 6.08 Å². The number of carbonyl (C=O) groups excluding carboxylic acids is 2. The second-order valence-corrected chi connectivity index (χ2v) is 11.1. The molecule has 0 aliphatic carbocycles. The summed E-state index contributed by atoms with van der Waals surface area (Å²) in [5.74, 6) is 0.528. The van der Waals surface area contributed by atoms with E-state index in [2.05, 4.69) is 15.9 Å². The highest BCUT2D eigenvalue weighted by atomic mass is 79.9. The van der Waals surface area contributed by atoms with Crippen LogP contribution in [0.3, 0.4) is 0 Å². The van der Waals surface area contributed by atoms with Crippen LogP contribution in [0.4, 0.5) is 0 Å². The highest BCUT2D eigenvalue weighted by molar-refractivity contribution is 9.10. The third kappa shape index (κ3) is 7.61. The topological polar surface area (TPSA) is 65.1 Å². The molecule has 0 unspecified atom stereocenters. The summed E-state index contributed by atoms with van der Waals surface area (Å²) in [6, 6.07) is 8.81. The van der Waals surface area contributed by atoms with Crippen molar-refractivity contribution in [2.45, 2.75) is 32.8 Å². The number of thioether (sulfide) groups is 1. The Balaban J connectivity index is 1.69. The monoisotopic (exact) mass is 631 g/mol. The van der Waals surface area contributed by atoms with Crippen LogP contribution in [0.1, 0.15) is 37.3 Å².